The number of sulfonamides is 1. The summed E-state index contributed by atoms with van der Waals surface area (Å²) in [5.74, 6) is -1.47. The van der Waals surface area contributed by atoms with Crippen molar-refractivity contribution in [2.75, 3.05) is 17.4 Å². The second-order valence-electron chi connectivity index (χ2n) is 9.41. The molecule has 212 valence electrons. The van der Waals surface area contributed by atoms with Gasteiger partial charge in [0.05, 0.1) is 10.6 Å². The minimum absolute atomic E-state index is 0.0173. The van der Waals surface area contributed by atoms with Gasteiger partial charge in [-0.05, 0) is 54.4 Å². The van der Waals surface area contributed by atoms with Crippen molar-refractivity contribution in [2.45, 2.75) is 30.8 Å². The van der Waals surface area contributed by atoms with Crippen LogP contribution in [0.1, 0.15) is 18.1 Å². The number of carbonyl (C=O) groups is 2. The van der Waals surface area contributed by atoms with E-state index in [2.05, 4.69) is 5.32 Å². The maximum atomic E-state index is 14.2. The Balaban J connectivity index is 1.77. The number of likely N-dealkylation sites (N-methyl/N-ethyl adjacent to an activating group) is 1. The number of amides is 2. The molecule has 0 aliphatic carbocycles. The zero-order valence-electron chi connectivity index (χ0n) is 22.7. The van der Waals surface area contributed by atoms with Gasteiger partial charge in [0.25, 0.3) is 10.0 Å². The largest absolute Gasteiger partial charge is 0.355 e. The highest BCUT2D eigenvalue weighted by molar-refractivity contribution is 7.92. The first-order chi connectivity index (χ1) is 19.8. The van der Waals surface area contributed by atoms with E-state index >= 15 is 0 Å². The van der Waals surface area contributed by atoms with Crippen molar-refractivity contribution < 1.29 is 22.4 Å². The molecule has 0 radical (unpaired) electrons. The summed E-state index contributed by atoms with van der Waals surface area (Å²) in [6.07, 6.45) is 0.229. The first kappa shape index (κ1) is 29.5. The Morgan fingerprint density at radius 1 is 0.780 bits per heavy atom. The molecular weight excluding hydrogens is 541 g/mol. The zero-order chi connectivity index (χ0) is 29.2. The maximum absolute atomic E-state index is 14.2. The molecule has 0 heterocycles. The van der Waals surface area contributed by atoms with Gasteiger partial charge in [0, 0.05) is 19.5 Å². The average Bonchev–Trinajstić information content (AvgIpc) is 2.99. The van der Waals surface area contributed by atoms with Crippen molar-refractivity contribution in [3.8, 4) is 0 Å². The minimum Gasteiger partial charge on any atom is -0.355 e. The van der Waals surface area contributed by atoms with Crippen molar-refractivity contribution in [1.29, 1.82) is 0 Å². The third-order valence-corrected chi connectivity index (χ3v) is 8.33. The fraction of sp³-hybridized carbons (Fsp3) is 0.188. The molecule has 9 heteroatoms. The Bertz CT molecular complexity index is 1530. The van der Waals surface area contributed by atoms with Crippen LogP contribution in [0.3, 0.4) is 0 Å². The molecule has 4 rings (SSSR count). The van der Waals surface area contributed by atoms with E-state index in [1.165, 1.54) is 29.2 Å². The van der Waals surface area contributed by atoms with Gasteiger partial charge in [0.15, 0.2) is 0 Å². The summed E-state index contributed by atoms with van der Waals surface area (Å²) in [5, 5.41) is 2.83. The summed E-state index contributed by atoms with van der Waals surface area (Å²) in [6.45, 7) is 1.64. The molecule has 0 aromatic heterocycles. The molecule has 0 fully saturated rings. The summed E-state index contributed by atoms with van der Waals surface area (Å²) in [7, 11) is -4.22. The van der Waals surface area contributed by atoms with E-state index in [1.807, 2.05) is 60.7 Å². The van der Waals surface area contributed by atoms with Crippen molar-refractivity contribution >= 4 is 27.5 Å². The molecule has 0 saturated heterocycles. The van der Waals surface area contributed by atoms with Gasteiger partial charge < -0.3 is 10.2 Å². The summed E-state index contributed by atoms with van der Waals surface area (Å²) in [5.41, 5.74) is 1.75. The second-order valence-corrected chi connectivity index (χ2v) is 11.3. The number of rotatable bonds is 12. The van der Waals surface area contributed by atoms with Gasteiger partial charge in [-0.15, -0.1) is 0 Å². The Morgan fingerprint density at radius 2 is 1.32 bits per heavy atom. The van der Waals surface area contributed by atoms with Crippen LogP contribution in [-0.4, -0.2) is 44.3 Å². The molecule has 0 aliphatic rings. The first-order valence-electron chi connectivity index (χ1n) is 13.3. The van der Waals surface area contributed by atoms with Gasteiger partial charge in [0.2, 0.25) is 11.8 Å². The molecule has 4 aromatic carbocycles. The van der Waals surface area contributed by atoms with E-state index < -0.39 is 34.3 Å². The molecular formula is C32H32FN3O4S. The highest BCUT2D eigenvalue weighted by atomic mass is 32.2. The van der Waals surface area contributed by atoms with E-state index in [0.29, 0.717) is 6.54 Å². The van der Waals surface area contributed by atoms with E-state index in [4.69, 9.17) is 0 Å². The second kappa shape index (κ2) is 13.7. The molecule has 7 nitrogen and oxygen atoms in total. The van der Waals surface area contributed by atoms with Crippen molar-refractivity contribution in [3.63, 3.8) is 0 Å². The number of hydrogen-bond donors (Lipinski definition) is 1. The summed E-state index contributed by atoms with van der Waals surface area (Å²) in [6, 6.07) is 30.3. The first-order valence-corrected chi connectivity index (χ1v) is 14.7. The predicted molar refractivity (Wildman–Crippen MR) is 157 cm³/mol. The van der Waals surface area contributed by atoms with Crippen molar-refractivity contribution in [1.82, 2.24) is 10.2 Å². The van der Waals surface area contributed by atoms with Gasteiger partial charge >= 0.3 is 0 Å². The fourth-order valence-corrected chi connectivity index (χ4v) is 5.92. The van der Waals surface area contributed by atoms with Crippen LogP contribution in [0.25, 0.3) is 0 Å². The molecule has 1 atom stereocenters. The molecule has 0 bridgehead atoms. The van der Waals surface area contributed by atoms with Gasteiger partial charge in [-0.3, -0.25) is 13.9 Å². The molecule has 0 aliphatic heterocycles. The predicted octanol–water partition coefficient (Wildman–Crippen LogP) is 4.80. The lowest BCUT2D eigenvalue weighted by atomic mass is 10.0. The SMILES string of the molecule is CCNC(=O)[C@H](Cc1ccccc1)N(Cc1ccccc1)C(=O)CN(c1ccc(F)cc1)S(=O)(=O)c1ccccc1. The maximum Gasteiger partial charge on any atom is 0.264 e. The highest BCUT2D eigenvalue weighted by Crippen LogP contribution is 2.25. The minimum atomic E-state index is -4.22. The number of nitrogens with zero attached hydrogens (tertiary/aromatic N) is 2. The van der Waals surface area contributed by atoms with E-state index in [9.17, 15) is 22.4 Å². The molecule has 0 spiro atoms. The molecule has 2 amide bonds. The van der Waals surface area contributed by atoms with Crippen LogP contribution < -0.4 is 9.62 Å². The van der Waals surface area contributed by atoms with Gasteiger partial charge in [-0.25, -0.2) is 12.8 Å². The van der Waals surface area contributed by atoms with E-state index in [1.54, 1.807) is 25.1 Å². The zero-order valence-corrected chi connectivity index (χ0v) is 23.5. The Hall–Kier alpha value is -4.50. The molecule has 0 saturated carbocycles. The lowest BCUT2D eigenvalue weighted by Crippen LogP contribution is -2.53. The summed E-state index contributed by atoms with van der Waals surface area (Å²) in [4.78, 5) is 29.0. The van der Waals surface area contributed by atoms with Gasteiger partial charge in [-0.1, -0.05) is 78.9 Å². The van der Waals surface area contributed by atoms with Gasteiger partial charge in [0.1, 0.15) is 18.4 Å². The molecule has 1 N–H and O–H groups in total. The lowest BCUT2D eigenvalue weighted by Gasteiger charge is -2.33. The van der Waals surface area contributed by atoms with Gasteiger partial charge in [-0.2, -0.15) is 0 Å². The Morgan fingerprint density at radius 3 is 1.88 bits per heavy atom. The van der Waals surface area contributed by atoms with Crippen LogP contribution >= 0.6 is 0 Å². The van der Waals surface area contributed by atoms with Crippen LogP contribution in [0.15, 0.2) is 120 Å². The smallest absolute Gasteiger partial charge is 0.264 e. The van der Waals surface area contributed by atoms with E-state index in [0.717, 1.165) is 27.6 Å². The lowest BCUT2D eigenvalue weighted by molar-refractivity contribution is -0.140. The number of anilines is 1. The van der Waals surface area contributed by atoms with Crippen molar-refractivity contribution in [3.05, 3.63) is 132 Å². The quantitative estimate of drug-likeness (QED) is 0.264. The average molecular weight is 574 g/mol. The number of benzene rings is 4. The van der Waals surface area contributed by atoms with Crippen LogP contribution in [0.4, 0.5) is 10.1 Å². The number of halogens is 1. The summed E-state index contributed by atoms with van der Waals surface area (Å²) >= 11 is 0. The van der Waals surface area contributed by atoms with Crippen molar-refractivity contribution in [2.24, 2.45) is 0 Å². The standard InChI is InChI=1S/C32H32FN3O4S/c1-2-34-32(38)30(22-25-12-6-3-7-13-25)35(23-26-14-8-4-9-15-26)31(37)24-36(28-20-18-27(33)19-21-28)41(39,40)29-16-10-5-11-17-29/h3-21,30H,2,22-24H2,1H3,(H,34,38)/t30-/m0/s1. The van der Waals surface area contributed by atoms with Crippen LogP contribution in [0.5, 0.6) is 0 Å². The Labute approximate surface area is 240 Å². The number of carbonyl (C=O) groups excluding carboxylic acids is 2. The fourth-order valence-electron chi connectivity index (χ4n) is 4.48. The van der Waals surface area contributed by atoms with Crippen LogP contribution in [0, 0.1) is 5.82 Å². The van der Waals surface area contributed by atoms with Crippen LogP contribution in [-0.2, 0) is 32.6 Å². The summed E-state index contributed by atoms with van der Waals surface area (Å²) < 4.78 is 42.4. The highest BCUT2D eigenvalue weighted by Gasteiger charge is 2.34. The number of nitrogens with one attached hydrogen (secondary N) is 1. The normalized spacial score (nSPS) is 11.9. The van der Waals surface area contributed by atoms with Crippen LogP contribution in [0.2, 0.25) is 0 Å². The molecule has 0 unspecified atom stereocenters. The van der Waals surface area contributed by atoms with E-state index in [-0.39, 0.29) is 29.5 Å². The monoisotopic (exact) mass is 573 g/mol. The number of hydrogen-bond acceptors (Lipinski definition) is 4. The topological polar surface area (TPSA) is 86.8 Å². The molecule has 41 heavy (non-hydrogen) atoms. The third-order valence-electron chi connectivity index (χ3n) is 6.54. The third kappa shape index (κ3) is 7.58. The Kier molecular flexibility index (Phi) is 9.86. The molecule has 4 aromatic rings.